The summed E-state index contributed by atoms with van der Waals surface area (Å²) in [6, 6.07) is 0.137. The van der Waals surface area contributed by atoms with Gasteiger partial charge in [-0.05, 0) is 33.6 Å². The molecule has 1 rings (SSSR count). The maximum Gasteiger partial charge on any atom is 0.410 e. The first-order valence-electron chi connectivity index (χ1n) is 7.14. The second-order valence-electron chi connectivity index (χ2n) is 6.12. The molecule has 0 radical (unpaired) electrons. The van der Waals surface area contributed by atoms with E-state index in [4.69, 9.17) is 10.5 Å². The standard InChI is InChI=1S/C14H28N2O2/c1-14(2,3)18-13(17)16-10-8-6-4-5-7-9-12(16)11-15/h12H,4-11,15H2,1-3H3. The van der Waals surface area contributed by atoms with Gasteiger partial charge in [0, 0.05) is 19.1 Å². The van der Waals surface area contributed by atoms with Crippen LogP contribution in [0, 0.1) is 0 Å². The van der Waals surface area contributed by atoms with E-state index in [-0.39, 0.29) is 12.1 Å². The predicted octanol–water partition coefficient (Wildman–Crippen LogP) is 2.91. The first-order chi connectivity index (χ1) is 8.44. The molecule has 0 aromatic carbocycles. The van der Waals surface area contributed by atoms with Gasteiger partial charge in [-0.1, -0.05) is 25.7 Å². The van der Waals surface area contributed by atoms with Crippen LogP contribution in [0.15, 0.2) is 0 Å². The highest BCUT2D eigenvalue weighted by molar-refractivity contribution is 5.68. The zero-order valence-electron chi connectivity index (χ0n) is 12.1. The Morgan fingerprint density at radius 3 is 2.44 bits per heavy atom. The van der Waals surface area contributed by atoms with Gasteiger partial charge in [0.05, 0.1) is 0 Å². The third-order valence-corrected chi connectivity index (χ3v) is 3.28. The smallest absolute Gasteiger partial charge is 0.410 e. The fraction of sp³-hybridized carbons (Fsp3) is 0.929. The van der Waals surface area contributed by atoms with Gasteiger partial charge in [0.25, 0.3) is 0 Å². The van der Waals surface area contributed by atoms with Crippen molar-refractivity contribution in [3.63, 3.8) is 0 Å². The van der Waals surface area contributed by atoms with E-state index in [0.717, 1.165) is 25.8 Å². The number of hydrogen-bond donors (Lipinski definition) is 1. The van der Waals surface area contributed by atoms with Crippen LogP contribution in [0.25, 0.3) is 0 Å². The molecule has 4 nitrogen and oxygen atoms in total. The Bertz CT molecular complexity index is 261. The summed E-state index contributed by atoms with van der Waals surface area (Å²) in [5.74, 6) is 0. The summed E-state index contributed by atoms with van der Waals surface area (Å²) in [4.78, 5) is 14.1. The van der Waals surface area contributed by atoms with Crippen molar-refractivity contribution in [3.8, 4) is 0 Å². The molecule has 106 valence electrons. The van der Waals surface area contributed by atoms with E-state index < -0.39 is 5.60 Å². The lowest BCUT2D eigenvalue weighted by Crippen LogP contribution is -2.47. The molecule has 1 amide bonds. The van der Waals surface area contributed by atoms with Gasteiger partial charge < -0.3 is 15.4 Å². The molecule has 1 saturated heterocycles. The number of hydrogen-bond acceptors (Lipinski definition) is 3. The quantitative estimate of drug-likeness (QED) is 0.785. The normalized spacial score (nSPS) is 22.9. The molecule has 1 unspecified atom stereocenters. The second kappa shape index (κ2) is 6.98. The monoisotopic (exact) mass is 256 g/mol. The highest BCUT2D eigenvalue weighted by atomic mass is 16.6. The number of ether oxygens (including phenoxy) is 1. The van der Waals surface area contributed by atoms with Crippen LogP contribution in [0.5, 0.6) is 0 Å². The van der Waals surface area contributed by atoms with Gasteiger partial charge in [0.15, 0.2) is 0 Å². The number of nitrogens with zero attached hydrogens (tertiary/aromatic N) is 1. The summed E-state index contributed by atoms with van der Waals surface area (Å²) in [6.45, 7) is 7.01. The Kier molecular flexibility index (Phi) is 5.93. The van der Waals surface area contributed by atoms with Crippen molar-refractivity contribution >= 4 is 6.09 Å². The molecule has 1 aliphatic heterocycles. The lowest BCUT2D eigenvalue weighted by Gasteiger charge is -2.32. The largest absolute Gasteiger partial charge is 0.444 e. The van der Waals surface area contributed by atoms with Crippen LogP contribution < -0.4 is 5.73 Å². The van der Waals surface area contributed by atoms with Crippen molar-refractivity contribution in [2.75, 3.05) is 13.1 Å². The summed E-state index contributed by atoms with van der Waals surface area (Å²) >= 11 is 0. The Balaban J connectivity index is 2.67. The topological polar surface area (TPSA) is 55.6 Å². The number of amides is 1. The van der Waals surface area contributed by atoms with Crippen LogP contribution in [-0.2, 0) is 4.74 Å². The predicted molar refractivity (Wildman–Crippen MR) is 73.5 cm³/mol. The molecular weight excluding hydrogens is 228 g/mol. The van der Waals surface area contributed by atoms with Gasteiger partial charge in [0.2, 0.25) is 0 Å². The number of carbonyl (C=O) groups is 1. The van der Waals surface area contributed by atoms with Crippen molar-refractivity contribution in [3.05, 3.63) is 0 Å². The zero-order chi connectivity index (χ0) is 13.6. The SMILES string of the molecule is CC(C)(C)OC(=O)N1CCCCCCCC1CN. The minimum absolute atomic E-state index is 0.137. The highest BCUT2D eigenvalue weighted by Crippen LogP contribution is 2.19. The molecule has 0 aromatic rings. The second-order valence-corrected chi connectivity index (χ2v) is 6.12. The zero-order valence-corrected chi connectivity index (χ0v) is 12.1. The van der Waals surface area contributed by atoms with Crippen molar-refractivity contribution in [1.29, 1.82) is 0 Å². The Morgan fingerprint density at radius 1 is 1.22 bits per heavy atom. The van der Waals surface area contributed by atoms with Crippen LogP contribution >= 0.6 is 0 Å². The van der Waals surface area contributed by atoms with Crippen molar-refractivity contribution in [2.24, 2.45) is 5.73 Å². The van der Waals surface area contributed by atoms with Crippen molar-refractivity contribution < 1.29 is 9.53 Å². The first-order valence-corrected chi connectivity index (χ1v) is 7.14. The Morgan fingerprint density at radius 2 is 1.83 bits per heavy atom. The third kappa shape index (κ3) is 5.25. The average molecular weight is 256 g/mol. The van der Waals surface area contributed by atoms with Gasteiger partial charge in [0.1, 0.15) is 5.60 Å². The lowest BCUT2D eigenvalue weighted by molar-refractivity contribution is 0.0158. The summed E-state index contributed by atoms with van der Waals surface area (Å²) in [5.41, 5.74) is 5.38. The summed E-state index contributed by atoms with van der Waals surface area (Å²) in [5, 5.41) is 0. The van der Waals surface area contributed by atoms with Gasteiger partial charge in [-0.15, -0.1) is 0 Å². The minimum Gasteiger partial charge on any atom is -0.444 e. The van der Waals surface area contributed by atoms with Gasteiger partial charge in [-0.3, -0.25) is 0 Å². The van der Waals surface area contributed by atoms with E-state index in [9.17, 15) is 4.79 Å². The van der Waals surface area contributed by atoms with Crippen LogP contribution in [0.2, 0.25) is 0 Å². The van der Waals surface area contributed by atoms with Gasteiger partial charge in [-0.2, -0.15) is 0 Å². The third-order valence-electron chi connectivity index (χ3n) is 3.28. The molecule has 1 fully saturated rings. The van der Waals surface area contributed by atoms with E-state index in [1.807, 2.05) is 25.7 Å². The Labute approximate surface area is 111 Å². The van der Waals surface area contributed by atoms with E-state index in [0.29, 0.717) is 6.54 Å². The molecule has 0 spiro atoms. The summed E-state index contributed by atoms with van der Waals surface area (Å²) < 4.78 is 5.48. The van der Waals surface area contributed by atoms with Crippen molar-refractivity contribution in [1.82, 2.24) is 4.90 Å². The maximum atomic E-state index is 12.2. The highest BCUT2D eigenvalue weighted by Gasteiger charge is 2.27. The number of carbonyl (C=O) groups excluding carboxylic acids is 1. The molecule has 18 heavy (non-hydrogen) atoms. The maximum absolute atomic E-state index is 12.2. The molecule has 1 aliphatic rings. The fourth-order valence-corrected chi connectivity index (χ4v) is 2.34. The number of rotatable bonds is 1. The molecule has 0 saturated carbocycles. The lowest BCUT2D eigenvalue weighted by atomic mass is 10.1. The first kappa shape index (κ1) is 15.3. The molecule has 1 atom stereocenters. The summed E-state index contributed by atoms with van der Waals surface area (Å²) in [6.07, 6.45) is 6.70. The Hall–Kier alpha value is -0.770. The van der Waals surface area contributed by atoms with Crippen LogP contribution in [0.1, 0.15) is 59.3 Å². The van der Waals surface area contributed by atoms with E-state index in [1.54, 1.807) is 0 Å². The van der Waals surface area contributed by atoms with Crippen LogP contribution in [0.4, 0.5) is 4.79 Å². The molecule has 0 aliphatic carbocycles. The molecule has 2 N–H and O–H groups in total. The van der Waals surface area contributed by atoms with E-state index >= 15 is 0 Å². The minimum atomic E-state index is -0.436. The van der Waals surface area contributed by atoms with Gasteiger partial charge >= 0.3 is 6.09 Å². The number of nitrogens with two attached hydrogens (primary N) is 1. The summed E-state index contributed by atoms with van der Waals surface area (Å²) in [7, 11) is 0. The average Bonchev–Trinajstić information content (AvgIpc) is 2.37. The molecule has 0 bridgehead atoms. The van der Waals surface area contributed by atoms with Crippen LogP contribution in [-0.4, -0.2) is 35.7 Å². The molecule has 4 heteroatoms. The molecular formula is C14H28N2O2. The van der Waals surface area contributed by atoms with Crippen LogP contribution in [0.3, 0.4) is 0 Å². The van der Waals surface area contributed by atoms with E-state index in [2.05, 4.69) is 0 Å². The fourth-order valence-electron chi connectivity index (χ4n) is 2.34. The van der Waals surface area contributed by atoms with E-state index in [1.165, 1.54) is 19.3 Å². The van der Waals surface area contributed by atoms with Gasteiger partial charge in [-0.25, -0.2) is 4.79 Å². The van der Waals surface area contributed by atoms with Crippen molar-refractivity contribution in [2.45, 2.75) is 70.9 Å². The molecule has 0 aromatic heterocycles. The molecule has 1 heterocycles.